The Morgan fingerprint density at radius 1 is 0.536 bits per heavy atom. The number of ether oxygens (including phenoxy) is 2. The zero-order valence-electron chi connectivity index (χ0n) is 31.9. The van der Waals surface area contributed by atoms with Crippen molar-refractivity contribution in [2.75, 3.05) is 0 Å². The van der Waals surface area contributed by atoms with Gasteiger partial charge < -0.3 is 29.9 Å². The van der Waals surface area contributed by atoms with Crippen molar-refractivity contribution < 1.29 is 94.5 Å². The van der Waals surface area contributed by atoms with Gasteiger partial charge in [0.1, 0.15) is 36.1 Å². The van der Waals surface area contributed by atoms with Gasteiger partial charge in [0, 0.05) is 23.6 Å². The number of para-hydroxylation sites is 2. The second-order valence-corrected chi connectivity index (χ2v) is 15.8. The van der Waals surface area contributed by atoms with Crippen LogP contribution in [-0.2, 0) is 33.0 Å². The normalized spacial score (nSPS) is 11.1. The van der Waals surface area contributed by atoms with Gasteiger partial charge in [0.15, 0.2) is 23.0 Å². The fraction of sp³-hybridized carbons (Fsp3) is 0.238. The Bertz CT molecular complexity index is 2070. The van der Waals surface area contributed by atoms with Crippen molar-refractivity contribution in [2.45, 2.75) is 65.6 Å². The molecule has 0 aliphatic heterocycles. The quantitative estimate of drug-likeness (QED) is 0.0980. The van der Waals surface area contributed by atoms with Crippen molar-refractivity contribution in [3.8, 4) is 34.5 Å². The van der Waals surface area contributed by atoms with Gasteiger partial charge >= 0.3 is 64.6 Å². The number of hydrogen-bond acceptors (Lipinski definition) is 12. The van der Waals surface area contributed by atoms with E-state index in [0.717, 1.165) is 22.3 Å². The summed E-state index contributed by atoms with van der Waals surface area (Å²) < 4.78 is 46.2. The van der Waals surface area contributed by atoms with Crippen LogP contribution in [0.25, 0.3) is 0 Å². The molecule has 14 heteroatoms. The molecule has 290 valence electrons. The van der Waals surface area contributed by atoms with E-state index in [1.807, 2.05) is 48.5 Å². The summed E-state index contributed by atoms with van der Waals surface area (Å²) in [6.07, 6.45) is 3.02. The molecule has 0 atom stereocenters. The number of aliphatic imine (C=N–C) groups is 2. The van der Waals surface area contributed by atoms with Gasteiger partial charge in [-0.2, -0.15) is 0 Å². The molecule has 5 aromatic rings. The fourth-order valence-corrected chi connectivity index (χ4v) is 5.04. The maximum atomic E-state index is 10.9. The summed E-state index contributed by atoms with van der Waals surface area (Å²) >= 11 is -5.01. The average molecular weight is 1210 g/mol. The Morgan fingerprint density at radius 3 is 1.20 bits per heavy atom. The number of rotatable bonds is 10. The topological polar surface area (TPSA) is 192 Å². The Hall–Kier alpha value is -4.46. The van der Waals surface area contributed by atoms with E-state index < -0.39 is 55.6 Å². The number of phenols is 4. The molecule has 0 aliphatic rings. The first-order valence-corrected chi connectivity index (χ1v) is 24.0. The Kier molecular flexibility index (Phi) is 17.8. The van der Waals surface area contributed by atoms with Crippen LogP contribution in [0.2, 0.25) is 0 Å². The standard InChI is InChI=1S/C42H44N2O6.4O.2U/c1-41(2,3)31-17-19-35(45)33(21-31)43-23-29-9-7-11-37(39(29)47)49-25-27-13-15-28(16-14-27)26-50-38-12-8-10-30(40(38)48)24-44-34-22-32(42(4,5)6)18-20-36(34)46;;;;;;/h7-24,45-48H,25-26H2,1-6H3;;;;;;. The number of phenolic OH excluding ortho intramolecular Hbond substituents is 4. The second-order valence-electron chi connectivity index (χ2n) is 14.4. The molecule has 0 bridgehead atoms. The van der Waals surface area contributed by atoms with E-state index in [1.165, 1.54) is 12.4 Å². The Balaban J connectivity index is 0.00000132. The van der Waals surface area contributed by atoms with Crippen molar-refractivity contribution in [1.29, 1.82) is 0 Å². The number of hydrogen-bond donors (Lipinski definition) is 4. The molecule has 0 unspecified atom stereocenters. The van der Waals surface area contributed by atoms with Crippen molar-refractivity contribution in [1.82, 2.24) is 0 Å². The zero-order valence-corrected chi connectivity index (χ0v) is 40.3. The van der Waals surface area contributed by atoms with E-state index in [-0.39, 0.29) is 47.0 Å². The minimum atomic E-state index is -2.51. The molecule has 0 saturated heterocycles. The summed E-state index contributed by atoms with van der Waals surface area (Å²) in [5.74, 6) is 0.649. The molecule has 0 aromatic heterocycles. The van der Waals surface area contributed by atoms with Crippen LogP contribution in [0.4, 0.5) is 11.4 Å². The summed E-state index contributed by atoms with van der Waals surface area (Å²) in [5.41, 5.74) is 5.40. The fourth-order valence-electron chi connectivity index (χ4n) is 5.04. The maximum absolute atomic E-state index is 10.9. The summed E-state index contributed by atoms with van der Waals surface area (Å²) in [4.78, 5) is 8.86. The average Bonchev–Trinajstić information content (AvgIpc) is 3.14. The third-order valence-corrected chi connectivity index (χ3v) is 8.24. The van der Waals surface area contributed by atoms with Gasteiger partial charge in [-0.1, -0.05) is 90.1 Å². The molecule has 0 radical (unpaired) electrons. The first-order chi connectivity index (χ1) is 26.5. The number of aromatic hydroxyl groups is 4. The van der Waals surface area contributed by atoms with Crippen molar-refractivity contribution in [3.63, 3.8) is 0 Å². The second kappa shape index (κ2) is 21.7. The molecular formula is C42H44N2O10U2. The van der Waals surface area contributed by atoms with Crippen LogP contribution in [0.5, 0.6) is 34.5 Å². The van der Waals surface area contributed by atoms with E-state index in [9.17, 15) is 20.4 Å². The van der Waals surface area contributed by atoms with Crippen LogP contribution in [0.1, 0.15) is 74.9 Å². The monoisotopic (exact) mass is 1210 g/mol. The van der Waals surface area contributed by atoms with Crippen LogP contribution < -0.4 is 9.47 Å². The SMILES string of the molecule is CC(C)(C)c1ccc(O)c(N=Cc2cccc(OCc3ccc(COc4cccc(C=Nc5cc(C(C)(C)C)ccc5O)c4O)cc3)c2O)c1.[O]=[U]=[O].[O]=[U]=[O]. The predicted octanol–water partition coefficient (Wildman–Crippen LogP) is 9.29. The minimum absolute atomic E-state index is 0.0463. The molecule has 0 spiro atoms. The molecular weight excluding hydrogens is 1170 g/mol. The van der Waals surface area contributed by atoms with Gasteiger partial charge in [-0.25, -0.2) is 0 Å². The molecule has 0 aliphatic carbocycles. The van der Waals surface area contributed by atoms with Crippen LogP contribution in [-0.4, -0.2) is 32.9 Å². The van der Waals surface area contributed by atoms with E-state index >= 15 is 0 Å². The third kappa shape index (κ3) is 13.9. The van der Waals surface area contributed by atoms with Gasteiger partial charge in [0.25, 0.3) is 0 Å². The summed E-state index contributed by atoms with van der Waals surface area (Å²) in [5, 5.41) is 42.4. The van der Waals surface area contributed by atoms with Gasteiger partial charge in [-0.05, 0) is 81.6 Å². The first kappa shape index (κ1) is 45.9. The van der Waals surface area contributed by atoms with Crippen molar-refractivity contribution in [3.05, 3.63) is 130 Å². The third-order valence-electron chi connectivity index (χ3n) is 8.24. The van der Waals surface area contributed by atoms with Crippen LogP contribution in [0.3, 0.4) is 0 Å². The molecule has 5 rings (SSSR count). The molecule has 0 heterocycles. The van der Waals surface area contributed by atoms with Gasteiger partial charge in [0.05, 0.1) is 0 Å². The molecule has 5 aromatic carbocycles. The van der Waals surface area contributed by atoms with Crippen LogP contribution in [0.15, 0.2) is 107 Å². The van der Waals surface area contributed by atoms with Crippen LogP contribution >= 0.6 is 0 Å². The zero-order chi connectivity index (χ0) is 41.5. The molecule has 0 saturated carbocycles. The van der Waals surface area contributed by atoms with Gasteiger partial charge in [-0.15, -0.1) is 0 Å². The Morgan fingerprint density at radius 2 is 0.875 bits per heavy atom. The summed E-state index contributed by atoms with van der Waals surface area (Å²) in [6, 6.07) is 28.7. The molecule has 12 nitrogen and oxygen atoms in total. The van der Waals surface area contributed by atoms with Gasteiger partial charge in [-0.3, -0.25) is 9.98 Å². The van der Waals surface area contributed by atoms with Crippen molar-refractivity contribution in [2.24, 2.45) is 9.98 Å². The predicted molar refractivity (Wildman–Crippen MR) is 202 cm³/mol. The van der Waals surface area contributed by atoms with E-state index in [4.69, 9.17) is 18.4 Å². The Labute approximate surface area is 355 Å². The molecule has 56 heavy (non-hydrogen) atoms. The summed E-state index contributed by atoms with van der Waals surface area (Å²) in [7, 11) is 0. The number of benzene rings is 5. The van der Waals surface area contributed by atoms with Crippen molar-refractivity contribution >= 4 is 23.8 Å². The van der Waals surface area contributed by atoms with E-state index in [1.54, 1.807) is 48.5 Å². The molecule has 4 N–H and O–H groups in total. The van der Waals surface area contributed by atoms with Crippen LogP contribution in [0, 0.1) is 55.6 Å². The van der Waals surface area contributed by atoms with Gasteiger partial charge in [0.2, 0.25) is 0 Å². The number of nitrogens with zero attached hydrogens (tertiary/aromatic N) is 2. The molecule has 0 amide bonds. The van der Waals surface area contributed by atoms with E-state index in [2.05, 4.69) is 51.5 Å². The summed E-state index contributed by atoms with van der Waals surface area (Å²) in [6.45, 7) is 13.0. The first-order valence-electron chi connectivity index (χ1n) is 17.2. The van der Waals surface area contributed by atoms with E-state index in [0.29, 0.717) is 34.0 Å². The molecule has 0 fully saturated rings.